The molecule has 1 atom stereocenters. The van der Waals surface area contributed by atoms with Gasteiger partial charge in [0.15, 0.2) is 0 Å². The van der Waals surface area contributed by atoms with Crippen molar-refractivity contribution in [3.05, 3.63) is 33.4 Å². The molecule has 2 rings (SSSR count). The number of benzene rings is 1. The monoisotopic (exact) mass is 278 g/mol. The van der Waals surface area contributed by atoms with Gasteiger partial charge in [0.1, 0.15) is 5.75 Å². The molecular formula is C15H22N2O3. The molecule has 0 radical (unpaired) electrons. The van der Waals surface area contributed by atoms with Crippen LogP contribution in [-0.2, 0) is 0 Å². The molecule has 1 aliphatic heterocycles. The van der Waals surface area contributed by atoms with Gasteiger partial charge < -0.3 is 10.1 Å². The van der Waals surface area contributed by atoms with Crippen molar-refractivity contribution in [1.82, 2.24) is 5.32 Å². The number of piperidine rings is 1. The molecule has 1 saturated heterocycles. The second-order valence-corrected chi connectivity index (χ2v) is 5.51. The van der Waals surface area contributed by atoms with E-state index in [0.29, 0.717) is 23.8 Å². The molecule has 1 aromatic carbocycles. The first-order chi connectivity index (χ1) is 9.58. The van der Waals surface area contributed by atoms with E-state index in [-0.39, 0.29) is 10.6 Å². The van der Waals surface area contributed by atoms with Gasteiger partial charge in [-0.2, -0.15) is 0 Å². The summed E-state index contributed by atoms with van der Waals surface area (Å²) in [5.41, 5.74) is 1.76. The standard InChI is InChI=1S/C15H22N2O3/c1-11-8-12(2)15(9-14(11)17(18)19)20-7-5-13-4-3-6-16-10-13/h8-9,13,16H,3-7,10H2,1-2H3. The Morgan fingerprint density at radius 2 is 2.20 bits per heavy atom. The van der Waals surface area contributed by atoms with E-state index >= 15 is 0 Å². The lowest BCUT2D eigenvalue weighted by molar-refractivity contribution is -0.385. The number of hydrogen-bond acceptors (Lipinski definition) is 4. The maximum absolute atomic E-state index is 10.9. The zero-order valence-electron chi connectivity index (χ0n) is 12.1. The molecule has 0 amide bonds. The Labute approximate surface area is 119 Å². The average molecular weight is 278 g/mol. The van der Waals surface area contributed by atoms with E-state index in [4.69, 9.17) is 4.74 Å². The quantitative estimate of drug-likeness (QED) is 0.664. The fourth-order valence-corrected chi connectivity index (χ4v) is 2.68. The molecule has 1 aromatic rings. The van der Waals surface area contributed by atoms with E-state index in [1.54, 1.807) is 13.0 Å². The lowest BCUT2D eigenvalue weighted by atomic mass is 9.97. The summed E-state index contributed by atoms with van der Waals surface area (Å²) in [5.74, 6) is 1.29. The molecule has 20 heavy (non-hydrogen) atoms. The van der Waals surface area contributed by atoms with Crippen LogP contribution in [0.1, 0.15) is 30.4 Å². The Kier molecular flexibility index (Phi) is 4.95. The van der Waals surface area contributed by atoms with Crippen LogP contribution in [0.25, 0.3) is 0 Å². The number of aryl methyl sites for hydroxylation is 2. The third-order valence-electron chi connectivity index (χ3n) is 3.87. The minimum Gasteiger partial charge on any atom is -0.493 e. The van der Waals surface area contributed by atoms with E-state index in [1.807, 2.05) is 13.0 Å². The molecule has 1 fully saturated rings. The molecule has 1 unspecified atom stereocenters. The minimum atomic E-state index is -0.354. The van der Waals surface area contributed by atoms with Crippen molar-refractivity contribution in [2.45, 2.75) is 33.1 Å². The molecule has 5 heteroatoms. The van der Waals surface area contributed by atoms with E-state index < -0.39 is 0 Å². The summed E-state index contributed by atoms with van der Waals surface area (Å²) < 4.78 is 5.75. The van der Waals surface area contributed by atoms with Gasteiger partial charge in [-0.25, -0.2) is 0 Å². The van der Waals surface area contributed by atoms with E-state index in [0.717, 1.165) is 25.1 Å². The normalized spacial score (nSPS) is 18.8. The predicted molar refractivity (Wildman–Crippen MR) is 78.3 cm³/mol. The van der Waals surface area contributed by atoms with Crippen molar-refractivity contribution in [3.8, 4) is 5.75 Å². The van der Waals surface area contributed by atoms with Gasteiger partial charge in [0.2, 0.25) is 0 Å². The molecule has 5 nitrogen and oxygen atoms in total. The predicted octanol–water partition coefficient (Wildman–Crippen LogP) is 2.98. The van der Waals surface area contributed by atoms with Crippen LogP contribution in [0, 0.1) is 29.9 Å². The number of nitro benzene ring substituents is 1. The Bertz CT molecular complexity index is 482. The van der Waals surface area contributed by atoms with E-state index in [9.17, 15) is 10.1 Å². The largest absolute Gasteiger partial charge is 0.493 e. The van der Waals surface area contributed by atoms with Crippen LogP contribution in [-0.4, -0.2) is 24.6 Å². The van der Waals surface area contributed by atoms with Gasteiger partial charge in [-0.3, -0.25) is 10.1 Å². The van der Waals surface area contributed by atoms with Gasteiger partial charge in [0, 0.05) is 5.56 Å². The molecule has 1 heterocycles. The van der Waals surface area contributed by atoms with Crippen molar-refractivity contribution >= 4 is 5.69 Å². The van der Waals surface area contributed by atoms with Crippen LogP contribution in [0.2, 0.25) is 0 Å². The fourth-order valence-electron chi connectivity index (χ4n) is 2.68. The smallest absolute Gasteiger partial charge is 0.276 e. The number of nitrogens with one attached hydrogen (secondary N) is 1. The van der Waals surface area contributed by atoms with Gasteiger partial charge in [-0.05, 0) is 63.7 Å². The third kappa shape index (κ3) is 3.70. The highest BCUT2D eigenvalue weighted by atomic mass is 16.6. The first-order valence-electron chi connectivity index (χ1n) is 7.17. The summed E-state index contributed by atoms with van der Waals surface area (Å²) in [4.78, 5) is 10.6. The highest BCUT2D eigenvalue weighted by molar-refractivity contribution is 5.49. The maximum atomic E-state index is 10.9. The topological polar surface area (TPSA) is 64.4 Å². The van der Waals surface area contributed by atoms with Crippen LogP contribution < -0.4 is 10.1 Å². The first-order valence-corrected chi connectivity index (χ1v) is 7.17. The highest BCUT2D eigenvalue weighted by Crippen LogP contribution is 2.28. The number of nitrogens with zero attached hydrogens (tertiary/aromatic N) is 1. The molecule has 0 bridgehead atoms. The molecule has 1 aliphatic rings. The number of hydrogen-bond donors (Lipinski definition) is 1. The second-order valence-electron chi connectivity index (χ2n) is 5.51. The van der Waals surface area contributed by atoms with Crippen molar-refractivity contribution < 1.29 is 9.66 Å². The van der Waals surface area contributed by atoms with Crippen LogP contribution >= 0.6 is 0 Å². The third-order valence-corrected chi connectivity index (χ3v) is 3.87. The molecule has 0 saturated carbocycles. The van der Waals surface area contributed by atoms with Crippen LogP contribution in [0.3, 0.4) is 0 Å². The SMILES string of the molecule is Cc1cc(C)c([N+](=O)[O-])cc1OCCC1CCCNC1. The summed E-state index contributed by atoms with van der Waals surface area (Å²) in [7, 11) is 0. The Morgan fingerprint density at radius 1 is 1.40 bits per heavy atom. The Morgan fingerprint density at radius 3 is 2.85 bits per heavy atom. The van der Waals surface area contributed by atoms with Crippen molar-refractivity contribution in [1.29, 1.82) is 0 Å². The summed E-state index contributed by atoms with van der Waals surface area (Å²) in [6.45, 7) is 6.46. The first kappa shape index (κ1) is 14.8. The number of ether oxygens (including phenoxy) is 1. The van der Waals surface area contributed by atoms with Gasteiger partial charge in [0.05, 0.1) is 17.6 Å². The van der Waals surface area contributed by atoms with Gasteiger partial charge >= 0.3 is 0 Å². The highest BCUT2D eigenvalue weighted by Gasteiger charge is 2.16. The zero-order chi connectivity index (χ0) is 14.5. The summed E-state index contributed by atoms with van der Waals surface area (Å²) >= 11 is 0. The van der Waals surface area contributed by atoms with E-state index in [2.05, 4.69) is 5.32 Å². The van der Waals surface area contributed by atoms with Gasteiger partial charge in [-0.15, -0.1) is 0 Å². The molecule has 0 aromatic heterocycles. The Hall–Kier alpha value is -1.62. The average Bonchev–Trinajstić information content (AvgIpc) is 2.42. The lowest BCUT2D eigenvalue weighted by Crippen LogP contribution is -2.30. The molecule has 0 aliphatic carbocycles. The van der Waals surface area contributed by atoms with Gasteiger partial charge in [-0.1, -0.05) is 0 Å². The van der Waals surface area contributed by atoms with Crippen molar-refractivity contribution in [2.24, 2.45) is 5.92 Å². The van der Waals surface area contributed by atoms with Gasteiger partial charge in [0.25, 0.3) is 5.69 Å². The van der Waals surface area contributed by atoms with Crippen molar-refractivity contribution in [3.63, 3.8) is 0 Å². The summed E-state index contributed by atoms with van der Waals surface area (Å²) in [5, 5.41) is 14.3. The molecular weight excluding hydrogens is 256 g/mol. The molecule has 0 spiro atoms. The zero-order valence-corrected chi connectivity index (χ0v) is 12.1. The minimum absolute atomic E-state index is 0.130. The fraction of sp³-hybridized carbons (Fsp3) is 0.600. The lowest BCUT2D eigenvalue weighted by Gasteiger charge is -2.22. The van der Waals surface area contributed by atoms with E-state index in [1.165, 1.54) is 12.8 Å². The number of rotatable bonds is 5. The van der Waals surface area contributed by atoms with Crippen molar-refractivity contribution in [2.75, 3.05) is 19.7 Å². The maximum Gasteiger partial charge on any atom is 0.276 e. The van der Waals surface area contributed by atoms with Crippen LogP contribution in [0.15, 0.2) is 12.1 Å². The number of nitro groups is 1. The second kappa shape index (κ2) is 6.70. The Balaban J connectivity index is 1.94. The molecule has 1 N–H and O–H groups in total. The van der Waals surface area contributed by atoms with Crippen LogP contribution in [0.5, 0.6) is 5.75 Å². The summed E-state index contributed by atoms with van der Waals surface area (Å²) in [6, 6.07) is 3.36. The van der Waals surface area contributed by atoms with Crippen LogP contribution in [0.4, 0.5) is 5.69 Å². The summed E-state index contributed by atoms with van der Waals surface area (Å²) in [6.07, 6.45) is 3.46. The molecule has 110 valence electrons.